The predicted molar refractivity (Wildman–Crippen MR) is 66.9 cm³/mol. The minimum atomic E-state index is -1.21. The molecule has 0 fully saturated rings. The fourth-order valence-corrected chi connectivity index (χ4v) is 1.30. The molecule has 1 rings (SSSR count). The summed E-state index contributed by atoms with van der Waals surface area (Å²) in [5, 5.41) is 8.97. The van der Waals surface area contributed by atoms with Crippen molar-refractivity contribution in [3.63, 3.8) is 0 Å². The second-order valence-corrected chi connectivity index (χ2v) is 3.39. The van der Waals surface area contributed by atoms with Crippen LogP contribution in [0.15, 0.2) is 43.0 Å². The second-order valence-electron chi connectivity index (χ2n) is 3.39. The third kappa shape index (κ3) is 3.79. The van der Waals surface area contributed by atoms with Gasteiger partial charge in [0, 0.05) is 6.08 Å². The second kappa shape index (κ2) is 6.24. The van der Waals surface area contributed by atoms with Crippen LogP contribution < -0.4 is 10.5 Å². The van der Waals surface area contributed by atoms with Gasteiger partial charge in [-0.2, -0.15) is 0 Å². The summed E-state index contributed by atoms with van der Waals surface area (Å²) in [6.45, 7) is 3.88. The van der Waals surface area contributed by atoms with Crippen LogP contribution in [0.3, 0.4) is 0 Å². The topological polar surface area (TPSA) is 89.6 Å². The van der Waals surface area contributed by atoms with Gasteiger partial charge in [0.05, 0.1) is 5.57 Å². The Hall–Kier alpha value is -2.56. The summed E-state index contributed by atoms with van der Waals surface area (Å²) in [6.07, 6.45) is 2.48. The number of benzene rings is 1. The summed E-state index contributed by atoms with van der Waals surface area (Å²) < 4.78 is 5.25. The van der Waals surface area contributed by atoms with Gasteiger partial charge in [-0.3, -0.25) is 4.79 Å². The van der Waals surface area contributed by atoms with Gasteiger partial charge in [0.15, 0.2) is 0 Å². The number of nitrogens with two attached hydrogens (primary N) is 1. The normalized spacial score (nSPS) is 10.8. The minimum Gasteiger partial charge on any atom is -0.490 e. The number of carbonyl (C=O) groups excluding carboxylic acids is 1. The molecule has 0 saturated heterocycles. The number of carboxylic acids is 1. The molecule has 5 heteroatoms. The summed E-state index contributed by atoms with van der Waals surface area (Å²) in [4.78, 5) is 21.7. The van der Waals surface area contributed by atoms with E-state index in [0.717, 1.165) is 6.08 Å². The first-order chi connectivity index (χ1) is 8.54. The van der Waals surface area contributed by atoms with Crippen molar-refractivity contribution in [2.24, 2.45) is 5.73 Å². The predicted octanol–water partition coefficient (Wildman–Crippen LogP) is 1.20. The third-order valence-electron chi connectivity index (χ3n) is 2.05. The van der Waals surface area contributed by atoms with Crippen molar-refractivity contribution in [3.05, 3.63) is 48.6 Å². The number of aliphatic carboxylic acids is 1. The lowest BCUT2D eigenvalue weighted by Crippen LogP contribution is -2.10. The molecule has 1 amide bonds. The first kappa shape index (κ1) is 13.5. The smallest absolute Gasteiger partial charge is 0.336 e. The average Bonchev–Trinajstić information content (AvgIpc) is 2.34. The van der Waals surface area contributed by atoms with E-state index in [1.807, 2.05) is 0 Å². The van der Waals surface area contributed by atoms with Crippen LogP contribution in [0.25, 0.3) is 5.57 Å². The summed E-state index contributed by atoms with van der Waals surface area (Å²) in [5.41, 5.74) is 5.18. The number of carboxylic acid groups (broad SMARTS) is 1. The molecule has 0 aliphatic heterocycles. The molecule has 0 bridgehead atoms. The van der Waals surface area contributed by atoms with Gasteiger partial charge in [0.2, 0.25) is 5.91 Å². The van der Waals surface area contributed by atoms with Crippen LogP contribution in [0.5, 0.6) is 5.75 Å². The fourth-order valence-electron chi connectivity index (χ4n) is 1.30. The highest BCUT2D eigenvalue weighted by atomic mass is 16.5. The van der Waals surface area contributed by atoms with Crippen LogP contribution in [-0.2, 0) is 9.59 Å². The Kier molecular flexibility index (Phi) is 4.68. The zero-order valence-corrected chi connectivity index (χ0v) is 9.63. The van der Waals surface area contributed by atoms with Crippen LogP contribution in [0.2, 0.25) is 0 Å². The molecule has 18 heavy (non-hydrogen) atoms. The Morgan fingerprint density at radius 3 is 2.39 bits per heavy atom. The van der Waals surface area contributed by atoms with Crippen molar-refractivity contribution in [1.82, 2.24) is 0 Å². The first-order valence-electron chi connectivity index (χ1n) is 5.13. The van der Waals surface area contributed by atoms with Gasteiger partial charge in [-0.05, 0) is 17.7 Å². The van der Waals surface area contributed by atoms with Gasteiger partial charge in [-0.15, -0.1) is 0 Å². The third-order valence-corrected chi connectivity index (χ3v) is 2.05. The zero-order chi connectivity index (χ0) is 13.5. The van der Waals surface area contributed by atoms with Crippen molar-refractivity contribution in [1.29, 1.82) is 0 Å². The molecule has 94 valence electrons. The van der Waals surface area contributed by atoms with Crippen molar-refractivity contribution >= 4 is 17.4 Å². The summed E-state index contributed by atoms with van der Waals surface area (Å²) in [6, 6.07) is 6.30. The van der Waals surface area contributed by atoms with Crippen molar-refractivity contribution in [3.8, 4) is 5.75 Å². The van der Waals surface area contributed by atoms with Gasteiger partial charge >= 0.3 is 5.97 Å². The number of hydrogen-bond acceptors (Lipinski definition) is 3. The minimum absolute atomic E-state index is 0.155. The van der Waals surface area contributed by atoms with Crippen molar-refractivity contribution in [2.45, 2.75) is 0 Å². The van der Waals surface area contributed by atoms with Crippen LogP contribution in [0.4, 0.5) is 0 Å². The number of primary amides is 1. The number of rotatable bonds is 6. The zero-order valence-electron chi connectivity index (χ0n) is 9.63. The van der Waals surface area contributed by atoms with Crippen LogP contribution >= 0.6 is 0 Å². The fraction of sp³-hybridized carbons (Fsp3) is 0.0769. The summed E-state index contributed by atoms with van der Waals surface area (Å²) in [7, 11) is 0. The molecule has 0 aliphatic carbocycles. The molecule has 0 saturated carbocycles. The van der Waals surface area contributed by atoms with E-state index in [4.69, 9.17) is 15.6 Å². The highest BCUT2D eigenvalue weighted by molar-refractivity contribution is 6.20. The van der Waals surface area contributed by atoms with E-state index in [1.165, 1.54) is 0 Å². The maximum atomic E-state index is 11.0. The molecule has 1 aromatic carbocycles. The van der Waals surface area contributed by atoms with Crippen molar-refractivity contribution in [2.75, 3.05) is 6.61 Å². The van der Waals surface area contributed by atoms with E-state index in [9.17, 15) is 9.59 Å². The number of carbonyl (C=O) groups is 2. The number of amides is 1. The van der Waals surface area contributed by atoms with Crippen LogP contribution in [-0.4, -0.2) is 23.6 Å². The lowest BCUT2D eigenvalue weighted by atomic mass is 10.1. The van der Waals surface area contributed by atoms with Gasteiger partial charge in [0.25, 0.3) is 0 Å². The molecule has 0 spiro atoms. The molecule has 0 radical (unpaired) electrons. The first-order valence-corrected chi connectivity index (χ1v) is 5.13. The maximum Gasteiger partial charge on any atom is 0.336 e. The van der Waals surface area contributed by atoms with E-state index in [2.05, 4.69) is 6.58 Å². The Labute approximate surface area is 104 Å². The summed E-state index contributed by atoms with van der Waals surface area (Å²) in [5.74, 6) is -1.43. The lowest BCUT2D eigenvalue weighted by Gasteiger charge is -2.05. The molecule has 1 aromatic rings. The van der Waals surface area contributed by atoms with Gasteiger partial charge in [-0.25, -0.2) is 4.79 Å². The van der Waals surface area contributed by atoms with E-state index in [-0.39, 0.29) is 5.57 Å². The van der Waals surface area contributed by atoms with E-state index >= 15 is 0 Å². The van der Waals surface area contributed by atoms with Gasteiger partial charge in [0.1, 0.15) is 12.4 Å². The van der Waals surface area contributed by atoms with Crippen LogP contribution in [0, 0.1) is 0 Å². The highest BCUT2D eigenvalue weighted by Crippen LogP contribution is 2.19. The molecule has 0 heterocycles. The molecule has 0 aromatic heterocycles. The molecule has 0 aliphatic rings. The molecule has 0 atom stereocenters. The lowest BCUT2D eigenvalue weighted by molar-refractivity contribution is -0.130. The van der Waals surface area contributed by atoms with Crippen molar-refractivity contribution < 1.29 is 19.4 Å². The number of hydrogen-bond donors (Lipinski definition) is 2. The molecule has 3 N–H and O–H groups in total. The maximum absolute atomic E-state index is 11.0. The SMILES string of the molecule is C=CCOc1ccc(C(=CC(N)=O)C(=O)O)cc1. The molecule has 0 unspecified atom stereocenters. The molecule has 5 nitrogen and oxygen atoms in total. The Morgan fingerprint density at radius 2 is 1.94 bits per heavy atom. The Bertz CT molecular complexity index is 488. The largest absolute Gasteiger partial charge is 0.490 e. The molecular weight excluding hydrogens is 234 g/mol. The standard InChI is InChI=1S/C13H13NO4/c1-2-7-18-10-5-3-9(4-6-10)11(13(16)17)8-12(14)15/h2-6,8H,1,7H2,(H2,14,15)(H,16,17). The van der Waals surface area contributed by atoms with E-state index in [0.29, 0.717) is 17.9 Å². The highest BCUT2D eigenvalue weighted by Gasteiger charge is 2.11. The van der Waals surface area contributed by atoms with E-state index < -0.39 is 11.9 Å². The monoisotopic (exact) mass is 247 g/mol. The van der Waals surface area contributed by atoms with Crippen LogP contribution in [0.1, 0.15) is 5.56 Å². The Balaban J connectivity index is 2.98. The Morgan fingerprint density at radius 1 is 1.33 bits per heavy atom. The average molecular weight is 247 g/mol. The molecular formula is C13H13NO4. The van der Waals surface area contributed by atoms with E-state index in [1.54, 1.807) is 30.3 Å². The summed E-state index contributed by atoms with van der Waals surface area (Å²) >= 11 is 0. The quantitative estimate of drug-likeness (QED) is 0.584. The van der Waals surface area contributed by atoms with Gasteiger partial charge < -0.3 is 15.6 Å². The van der Waals surface area contributed by atoms with Gasteiger partial charge in [-0.1, -0.05) is 24.8 Å². The number of ether oxygens (including phenoxy) is 1.